The number of anilines is 1. The third kappa shape index (κ3) is 4.82. The van der Waals surface area contributed by atoms with Gasteiger partial charge in [0.15, 0.2) is 0 Å². The van der Waals surface area contributed by atoms with Gasteiger partial charge in [-0.2, -0.15) is 13.2 Å². The Kier molecular flexibility index (Phi) is 5.46. The molecule has 0 saturated carbocycles. The molecular weight excluding hydrogens is 386 g/mol. The molecule has 2 N–H and O–H groups in total. The molecule has 144 valence electrons. The van der Waals surface area contributed by atoms with Crippen molar-refractivity contribution in [2.75, 3.05) is 18.1 Å². The van der Waals surface area contributed by atoms with Crippen LogP contribution in [0.25, 0.3) is 0 Å². The van der Waals surface area contributed by atoms with Crippen LogP contribution in [0.1, 0.15) is 11.1 Å². The summed E-state index contributed by atoms with van der Waals surface area (Å²) in [6.45, 7) is 0.883. The van der Waals surface area contributed by atoms with Gasteiger partial charge in [-0.1, -0.05) is 23.7 Å². The molecule has 2 aromatic carbocycles. The number of nitrogens with zero attached hydrogens (tertiary/aromatic N) is 2. The fraction of sp³-hybridized carbons (Fsp3) is 0.278. The molecular formula is C18H16ClF4N3O. The number of amidine groups is 1. The minimum absolute atomic E-state index is 0.0602. The minimum Gasteiger partial charge on any atom is -0.463 e. The van der Waals surface area contributed by atoms with Gasteiger partial charge in [0, 0.05) is 23.8 Å². The van der Waals surface area contributed by atoms with Crippen molar-refractivity contribution < 1.29 is 22.3 Å². The van der Waals surface area contributed by atoms with Crippen molar-refractivity contribution in [3.8, 4) is 0 Å². The third-order valence-corrected chi connectivity index (χ3v) is 4.33. The molecule has 0 saturated heterocycles. The van der Waals surface area contributed by atoms with E-state index in [0.29, 0.717) is 23.8 Å². The number of benzene rings is 2. The van der Waals surface area contributed by atoms with E-state index in [4.69, 9.17) is 22.1 Å². The quantitative estimate of drug-likeness (QED) is 0.763. The summed E-state index contributed by atoms with van der Waals surface area (Å²) in [6.07, 6.45) is -4.75. The van der Waals surface area contributed by atoms with Crippen molar-refractivity contribution in [3.05, 3.63) is 64.4 Å². The highest BCUT2D eigenvalue weighted by Gasteiger charge is 2.34. The fourth-order valence-electron chi connectivity index (χ4n) is 2.79. The topological polar surface area (TPSA) is 50.8 Å². The highest BCUT2D eigenvalue weighted by molar-refractivity contribution is 6.30. The highest BCUT2D eigenvalue weighted by atomic mass is 35.5. The molecule has 0 bridgehead atoms. The Morgan fingerprint density at radius 1 is 1.19 bits per heavy atom. The molecule has 0 aliphatic carbocycles. The lowest BCUT2D eigenvalue weighted by Gasteiger charge is -2.27. The zero-order valence-corrected chi connectivity index (χ0v) is 14.8. The average molecular weight is 402 g/mol. The molecule has 27 heavy (non-hydrogen) atoms. The molecule has 0 fully saturated rings. The third-order valence-electron chi connectivity index (χ3n) is 4.07. The summed E-state index contributed by atoms with van der Waals surface area (Å²) in [6, 6.07) is 9.60. The van der Waals surface area contributed by atoms with Crippen LogP contribution in [-0.2, 0) is 17.5 Å². The van der Waals surface area contributed by atoms with Gasteiger partial charge >= 0.3 is 6.18 Å². The van der Waals surface area contributed by atoms with E-state index in [2.05, 4.69) is 4.99 Å². The van der Waals surface area contributed by atoms with Gasteiger partial charge in [0.1, 0.15) is 18.5 Å². The van der Waals surface area contributed by atoms with Gasteiger partial charge in [-0.15, -0.1) is 0 Å². The number of alkyl halides is 3. The van der Waals surface area contributed by atoms with E-state index in [1.807, 2.05) is 0 Å². The first kappa shape index (κ1) is 19.3. The van der Waals surface area contributed by atoms with E-state index < -0.39 is 17.6 Å². The zero-order chi connectivity index (χ0) is 19.6. The van der Waals surface area contributed by atoms with Crippen molar-refractivity contribution in [1.82, 2.24) is 0 Å². The molecule has 3 rings (SSSR count). The lowest BCUT2D eigenvalue weighted by atomic mass is 10.1. The zero-order valence-electron chi connectivity index (χ0n) is 14.0. The Bertz CT molecular complexity index is 839. The Morgan fingerprint density at radius 3 is 2.44 bits per heavy atom. The number of halogens is 5. The van der Waals surface area contributed by atoms with E-state index in [1.165, 1.54) is 6.07 Å². The average Bonchev–Trinajstić information content (AvgIpc) is 3.00. The Balaban J connectivity index is 1.88. The Labute approximate surface area is 158 Å². The molecule has 0 spiro atoms. The van der Waals surface area contributed by atoms with Crippen LogP contribution in [0.2, 0.25) is 5.02 Å². The largest absolute Gasteiger partial charge is 0.463 e. The predicted octanol–water partition coefficient (Wildman–Crippen LogP) is 4.22. The van der Waals surface area contributed by atoms with Crippen molar-refractivity contribution >= 4 is 23.3 Å². The van der Waals surface area contributed by atoms with Gasteiger partial charge in [-0.25, -0.2) is 9.38 Å². The van der Waals surface area contributed by atoms with Crippen LogP contribution in [0, 0.1) is 5.82 Å². The summed E-state index contributed by atoms with van der Waals surface area (Å²) in [7, 11) is 0. The molecule has 1 aliphatic rings. The Morgan fingerprint density at radius 2 is 1.89 bits per heavy atom. The van der Waals surface area contributed by atoms with Crippen LogP contribution in [0.5, 0.6) is 0 Å². The molecule has 0 unspecified atom stereocenters. The summed E-state index contributed by atoms with van der Waals surface area (Å²) in [4.78, 5) is 5.85. The molecule has 9 heteroatoms. The molecule has 0 aromatic heterocycles. The molecule has 1 atom stereocenters. The van der Waals surface area contributed by atoms with Crippen LogP contribution in [0.15, 0.2) is 47.5 Å². The fourth-order valence-corrected chi connectivity index (χ4v) is 2.91. The van der Waals surface area contributed by atoms with Crippen molar-refractivity contribution in [2.24, 2.45) is 10.7 Å². The standard InChI is InChI=1S/C18H16ClF4N3O/c19-12-3-1-11(2-4-12)8-26(9-13-10-27-17(24)25-13)14-5-6-15(16(20)7-14)18(21,22)23/h1-7,13H,8-10H2,(H2,24,25)/t13-/m0/s1. The van der Waals surface area contributed by atoms with Crippen LogP contribution in [-0.4, -0.2) is 25.2 Å². The lowest BCUT2D eigenvalue weighted by molar-refractivity contribution is -0.139. The van der Waals surface area contributed by atoms with Gasteiger partial charge in [0.05, 0.1) is 5.56 Å². The van der Waals surface area contributed by atoms with Crippen LogP contribution >= 0.6 is 11.6 Å². The maximum Gasteiger partial charge on any atom is 0.419 e. The summed E-state index contributed by atoms with van der Waals surface area (Å²) in [5, 5.41) is 0.562. The van der Waals surface area contributed by atoms with E-state index in [0.717, 1.165) is 17.7 Å². The summed E-state index contributed by atoms with van der Waals surface area (Å²) >= 11 is 5.88. The van der Waals surface area contributed by atoms with Gasteiger partial charge < -0.3 is 15.4 Å². The van der Waals surface area contributed by atoms with Gasteiger partial charge in [-0.3, -0.25) is 0 Å². The molecule has 1 aliphatic heterocycles. The molecule has 0 radical (unpaired) electrons. The van der Waals surface area contributed by atoms with E-state index >= 15 is 0 Å². The summed E-state index contributed by atoms with van der Waals surface area (Å²) < 4.78 is 57.6. The number of rotatable bonds is 5. The minimum atomic E-state index is -4.75. The summed E-state index contributed by atoms with van der Waals surface area (Å²) in [5.74, 6) is -1.33. The van der Waals surface area contributed by atoms with Gasteiger partial charge in [-0.05, 0) is 35.9 Å². The van der Waals surface area contributed by atoms with Crippen molar-refractivity contribution in [2.45, 2.75) is 18.8 Å². The number of ether oxygens (including phenoxy) is 1. The highest BCUT2D eigenvalue weighted by Crippen LogP contribution is 2.33. The second-order valence-corrected chi connectivity index (χ2v) is 6.54. The van der Waals surface area contributed by atoms with E-state index in [9.17, 15) is 17.6 Å². The maximum absolute atomic E-state index is 14.0. The molecule has 2 aromatic rings. The molecule has 0 amide bonds. The van der Waals surface area contributed by atoms with Crippen LogP contribution < -0.4 is 10.6 Å². The van der Waals surface area contributed by atoms with Gasteiger partial charge in [0.25, 0.3) is 6.02 Å². The SMILES string of the molecule is NC1=N[C@@H](CN(Cc2ccc(Cl)cc2)c2ccc(C(F)(F)F)c(F)c2)CO1. The number of aliphatic imine (C=N–C) groups is 1. The Hall–Kier alpha value is -2.48. The van der Waals surface area contributed by atoms with Crippen molar-refractivity contribution in [1.29, 1.82) is 0 Å². The predicted molar refractivity (Wildman–Crippen MR) is 95.3 cm³/mol. The number of nitrogens with two attached hydrogens (primary N) is 1. The number of hydrogen-bond acceptors (Lipinski definition) is 4. The molecule has 4 nitrogen and oxygen atoms in total. The summed E-state index contributed by atoms with van der Waals surface area (Å²) in [5.41, 5.74) is 5.37. The van der Waals surface area contributed by atoms with Crippen LogP contribution in [0.3, 0.4) is 0 Å². The molecule has 1 heterocycles. The van der Waals surface area contributed by atoms with Crippen molar-refractivity contribution in [3.63, 3.8) is 0 Å². The van der Waals surface area contributed by atoms with Gasteiger partial charge in [0.2, 0.25) is 0 Å². The second kappa shape index (κ2) is 7.64. The van der Waals surface area contributed by atoms with E-state index in [1.54, 1.807) is 29.2 Å². The second-order valence-electron chi connectivity index (χ2n) is 6.10. The smallest absolute Gasteiger partial charge is 0.419 e. The number of hydrogen-bond donors (Lipinski definition) is 1. The lowest BCUT2D eigenvalue weighted by Crippen LogP contribution is -2.32. The normalized spacial score (nSPS) is 16.8. The van der Waals surface area contributed by atoms with E-state index in [-0.39, 0.29) is 18.7 Å². The first-order valence-corrected chi connectivity index (χ1v) is 8.42. The first-order chi connectivity index (χ1) is 12.7. The first-order valence-electron chi connectivity index (χ1n) is 8.04. The van der Waals surface area contributed by atoms with Crippen LogP contribution in [0.4, 0.5) is 23.2 Å². The maximum atomic E-state index is 14.0. The monoisotopic (exact) mass is 401 g/mol.